The molecular formula is C23H20BrN3O5. The molecule has 9 heteroatoms. The van der Waals surface area contributed by atoms with Crippen LogP contribution in [0.5, 0.6) is 11.5 Å². The average Bonchev–Trinajstić information content (AvgIpc) is 2.79. The lowest BCUT2D eigenvalue weighted by Crippen LogP contribution is -2.20. The predicted molar refractivity (Wildman–Crippen MR) is 124 cm³/mol. The van der Waals surface area contributed by atoms with Gasteiger partial charge in [-0.05, 0) is 39.2 Å². The molecule has 0 aliphatic rings. The maximum atomic E-state index is 12.1. The molecule has 0 unspecified atom stereocenters. The van der Waals surface area contributed by atoms with Crippen LogP contribution in [0, 0.1) is 10.1 Å². The molecule has 1 amide bonds. The summed E-state index contributed by atoms with van der Waals surface area (Å²) in [6, 6.07) is 19.3. The topological polar surface area (TPSA) is 103 Å². The third-order valence-corrected chi connectivity index (χ3v) is 5.01. The monoisotopic (exact) mass is 497 g/mol. The molecule has 0 saturated heterocycles. The SMILES string of the molecule is COc1cc(/C=N/NC(=O)Cc2ccccc2[N+](=O)[O-])cc(Br)c1OCc1ccccc1. The zero-order chi connectivity index (χ0) is 22.9. The molecule has 8 nitrogen and oxygen atoms in total. The molecule has 0 radical (unpaired) electrons. The van der Waals surface area contributed by atoms with E-state index in [-0.39, 0.29) is 12.1 Å². The lowest BCUT2D eigenvalue weighted by Gasteiger charge is -2.13. The molecule has 0 fully saturated rings. The molecule has 0 aliphatic carbocycles. The second-order valence-electron chi connectivity index (χ2n) is 6.66. The Hall–Kier alpha value is -3.72. The van der Waals surface area contributed by atoms with Crippen LogP contribution in [0.15, 0.2) is 76.3 Å². The number of nitrogens with zero attached hydrogens (tertiary/aromatic N) is 2. The molecule has 1 N–H and O–H groups in total. The highest BCUT2D eigenvalue weighted by molar-refractivity contribution is 9.10. The molecule has 0 atom stereocenters. The minimum Gasteiger partial charge on any atom is -0.493 e. The van der Waals surface area contributed by atoms with E-state index in [2.05, 4.69) is 26.5 Å². The second-order valence-corrected chi connectivity index (χ2v) is 7.52. The van der Waals surface area contributed by atoms with Crippen LogP contribution in [-0.2, 0) is 17.8 Å². The van der Waals surface area contributed by atoms with Crippen LogP contribution >= 0.6 is 15.9 Å². The Kier molecular flexibility index (Phi) is 7.93. The smallest absolute Gasteiger partial charge is 0.273 e. The summed E-state index contributed by atoms with van der Waals surface area (Å²) in [5.41, 5.74) is 4.27. The molecule has 0 aliphatic heterocycles. The maximum Gasteiger partial charge on any atom is 0.273 e. The fourth-order valence-corrected chi connectivity index (χ4v) is 3.49. The number of hydrazone groups is 1. The van der Waals surface area contributed by atoms with E-state index in [1.807, 2.05) is 30.3 Å². The summed E-state index contributed by atoms with van der Waals surface area (Å²) in [5.74, 6) is 0.585. The summed E-state index contributed by atoms with van der Waals surface area (Å²) >= 11 is 3.48. The van der Waals surface area contributed by atoms with Gasteiger partial charge in [0.05, 0.1) is 29.1 Å². The Morgan fingerprint density at radius 1 is 1.16 bits per heavy atom. The standard InChI is InChI=1S/C23H20BrN3O5/c1-31-21-12-17(11-19(24)23(21)32-15-16-7-3-2-4-8-16)14-25-26-22(28)13-18-9-5-6-10-20(18)27(29)30/h2-12,14H,13,15H2,1H3,(H,26,28)/b25-14+. The second kappa shape index (κ2) is 11.1. The Bertz CT molecular complexity index is 1140. The first-order valence-corrected chi connectivity index (χ1v) is 10.4. The highest BCUT2D eigenvalue weighted by Crippen LogP contribution is 2.36. The first-order valence-electron chi connectivity index (χ1n) is 9.56. The van der Waals surface area contributed by atoms with E-state index in [9.17, 15) is 14.9 Å². The van der Waals surface area contributed by atoms with Gasteiger partial charge >= 0.3 is 0 Å². The number of hydrogen-bond acceptors (Lipinski definition) is 6. The van der Waals surface area contributed by atoms with Crippen molar-refractivity contribution in [2.45, 2.75) is 13.0 Å². The summed E-state index contributed by atoms with van der Waals surface area (Å²) in [7, 11) is 1.53. The molecule has 3 rings (SSSR count). The number of hydrogen-bond donors (Lipinski definition) is 1. The fourth-order valence-electron chi connectivity index (χ4n) is 2.91. The Balaban J connectivity index is 1.65. The summed E-state index contributed by atoms with van der Waals surface area (Å²) in [5, 5.41) is 15.0. The number of nitro groups is 1. The van der Waals surface area contributed by atoms with Gasteiger partial charge in [-0.15, -0.1) is 0 Å². The van der Waals surface area contributed by atoms with Crippen molar-refractivity contribution in [3.8, 4) is 11.5 Å². The highest BCUT2D eigenvalue weighted by atomic mass is 79.9. The Morgan fingerprint density at radius 3 is 2.59 bits per heavy atom. The number of amides is 1. The van der Waals surface area contributed by atoms with Crippen molar-refractivity contribution in [2.75, 3.05) is 7.11 Å². The fraction of sp³-hybridized carbons (Fsp3) is 0.130. The normalized spacial score (nSPS) is 10.7. The minimum atomic E-state index is -0.517. The maximum absolute atomic E-state index is 12.1. The molecule has 164 valence electrons. The van der Waals surface area contributed by atoms with Gasteiger partial charge in [0.15, 0.2) is 11.5 Å². The Morgan fingerprint density at radius 2 is 1.88 bits per heavy atom. The van der Waals surface area contributed by atoms with E-state index in [1.54, 1.807) is 24.3 Å². The number of benzene rings is 3. The molecule has 0 heterocycles. The number of para-hydroxylation sites is 1. The van der Waals surface area contributed by atoms with E-state index in [1.165, 1.54) is 25.5 Å². The van der Waals surface area contributed by atoms with Crippen molar-refractivity contribution in [1.29, 1.82) is 0 Å². The van der Waals surface area contributed by atoms with Gasteiger partial charge in [0.1, 0.15) is 6.61 Å². The first-order chi connectivity index (χ1) is 15.5. The highest BCUT2D eigenvalue weighted by Gasteiger charge is 2.15. The van der Waals surface area contributed by atoms with Crippen LogP contribution in [-0.4, -0.2) is 24.2 Å². The molecule has 0 saturated carbocycles. The average molecular weight is 498 g/mol. The van der Waals surface area contributed by atoms with Gasteiger partial charge in [0.25, 0.3) is 5.69 Å². The predicted octanol–water partition coefficient (Wildman–Crippen LogP) is 4.64. The summed E-state index contributed by atoms with van der Waals surface area (Å²) in [4.78, 5) is 22.7. The first kappa shape index (κ1) is 23.0. The van der Waals surface area contributed by atoms with Gasteiger partial charge in [-0.2, -0.15) is 5.10 Å². The van der Waals surface area contributed by atoms with Gasteiger partial charge in [0, 0.05) is 11.6 Å². The van der Waals surface area contributed by atoms with Crippen LogP contribution in [0.25, 0.3) is 0 Å². The number of rotatable bonds is 9. The number of nitrogens with one attached hydrogen (secondary N) is 1. The van der Waals surface area contributed by atoms with Crippen molar-refractivity contribution >= 4 is 33.7 Å². The lowest BCUT2D eigenvalue weighted by atomic mass is 10.1. The van der Waals surface area contributed by atoms with Crippen LogP contribution in [0.4, 0.5) is 5.69 Å². The third-order valence-electron chi connectivity index (χ3n) is 4.42. The number of carbonyl (C=O) groups excluding carboxylic acids is 1. The Labute approximate surface area is 193 Å². The van der Waals surface area contributed by atoms with Crippen LogP contribution in [0.2, 0.25) is 0 Å². The number of methoxy groups -OCH3 is 1. The third kappa shape index (κ3) is 6.14. The molecule has 0 spiro atoms. The van der Waals surface area contributed by atoms with Crippen molar-refractivity contribution in [1.82, 2.24) is 5.43 Å². The van der Waals surface area contributed by atoms with Gasteiger partial charge in [-0.25, -0.2) is 5.43 Å². The largest absolute Gasteiger partial charge is 0.493 e. The zero-order valence-electron chi connectivity index (χ0n) is 17.2. The van der Waals surface area contributed by atoms with Gasteiger partial charge in [-0.1, -0.05) is 48.5 Å². The van der Waals surface area contributed by atoms with Crippen molar-refractivity contribution in [3.05, 3.63) is 98.0 Å². The van der Waals surface area contributed by atoms with E-state index in [0.717, 1.165) is 5.56 Å². The van der Waals surface area contributed by atoms with Crippen molar-refractivity contribution in [2.24, 2.45) is 5.10 Å². The minimum absolute atomic E-state index is 0.105. The van der Waals surface area contributed by atoms with E-state index in [4.69, 9.17) is 9.47 Å². The summed E-state index contributed by atoms with van der Waals surface area (Å²) in [6.07, 6.45) is 1.29. The van der Waals surface area contributed by atoms with Crippen LogP contribution in [0.3, 0.4) is 0 Å². The van der Waals surface area contributed by atoms with Gasteiger partial charge in [0.2, 0.25) is 5.91 Å². The van der Waals surface area contributed by atoms with E-state index < -0.39 is 10.8 Å². The van der Waals surface area contributed by atoms with Crippen molar-refractivity contribution in [3.63, 3.8) is 0 Å². The number of ether oxygens (including phenoxy) is 2. The van der Waals surface area contributed by atoms with Crippen LogP contribution < -0.4 is 14.9 Å². The van der Waals surface area contributed by atoms with Crippen molar-refractivity contribution < 1.29 is 19.2 Å². The lowest BCUT2D eigenvalue weighted by molar-refractivity contribution is -0.385. The molecule has 3 aromatic rings. The van der Waals surface area contributed by atoms with E-state index >= 15 is 0 Å². The van der Waals surface area contributed by atoms with Gasteiger partial charge < -0.3 is 9.47 Å². The quantitative estimate of drug-likeness (QED) is 0.263. The van der Waals surface area contributed by atoms with E-state index in [0.29, 0.717) is 33.7 Å². The van der Waals surface area contributed by atoms with Gasteiger partial charge in [-0.3, -0.25) is 14.9 Å². The van der Waals surface area contributed by atoms with Crippen LogP contribution in [0.1, 0.15) is 16.7 Å². The molecule has 3 aromatic carbocycles. The summed E-state index contributed by atoms with van der Waals surface area (Å²) in [6.45, 7) is 0.380. The molecule has 0 bridgehead atoms. The number of carbonyl (C=O) groups is 1. The number of nitro benzene ring substituents is 1. The molecule has 32 heavy (non-hydrogen) atoms. The number of halogens is 1. The molecule has 0 aromatic heterocycles. The molecular weight excluding hydrogens is 478 g/mol. The summed E-state index contributed by atoms with van der Waals surface area (Å²) < 4.78 is 12.0. The zero-order valence-corrected chi connectivity index (χ0v) is 18.7.